The Morgan fingerprint density at radius 3 is 3.00 bits per heavy atom. The van der Waals surface area contributed by atoms with Gasteiger partial charge in [0.05, 0.1) is 23.4 Å². The third kappa shape index (κ3) is 2.44. The van der Waals surface area contributed by atoms with Gasteiger partial charge in [0.2, 0.25) is 0 Å². The number of tetrazole rings is 1. The van der Waals surface area contributed by atoms with Crippen molar-refractivity contribution in [2.75, 3.05) is 12.8 Å². The lowest BCUT2D eigenvalue weighted by Gasteiger charge is -2.11. The molecule has 0 radical (unpaired) electrons. The number of hydrogen-bond donors (Lipinski definition) is 1. The lowest BCUT2D eigenvalue weighted by molar-refractivity contribution is 0.0997. The number of hydrogen-bond acceptors (Lipinski definition) is 5. The monoisotopic (exact) mass is 267 g/mol. The Morgan fingerprint density at radius 1 is 1.50 bits per heavy atom. The van der Waals surface area contributed by atoms with Crippen LogP contribution in [0.1, 0.15) is 6.92 Å². The van der Waals surface area contributed by atoms with E-state index in [1.165, 1.54) is 0 Å². The Balaban J connectivity index is 2.39. The van der Waals surface area contributed by atoms with Crippen molar-refractivity contribution < 1.29 is 4.74 Å². The van der Waals surface area contributed by atoms with E-state index in [0.717, 1.165) is 5.56 Å². The average Bonchev–Trinajstić information content (AvgIpc) is 2.80. The molecule has 7 heteroatoms. The fourth-order valence-corrected chi connectivity index (χ4v) is 1.75. The minimum absolute atomic E-state index is 0.00709. The quantitative estimate of drug-likeness (QED) is 0.852. The topological polar surface area (TPSA) is 78.8 Å². The van der Waals surface area contributed by atoms with Gasteiger partial charge in [0.15, 0.2) is 5.82 Å². The zero-order chi connectivity index (χ0) is 13.1. The molecule has 0 aliphatic carbocycles. The van der Waals surface area contributed by atoms with Crippen LogP contribution in [0.3, 0.4) is 0 Å². The zero-order valence-electron chi connectivity index (χ0n) is 10.2. The van der Waals surface area contributed by atoms with Crippen LogP contribution in [0, 0.1) is 0 Å². The minimum Gasteiger partial charge on any atom is -0.397 e. The van der Waals surface area contributed by atoms with Crippen molar-refractivity contribution in [2.24, 2.45) is 0 Å². The van der Waals surface area contributed by atoms with Crippen LogP contribution in [0.5, 0.6) is 0 Å². The molecule has 2 N–H and O–H groups in total. The van der Waals surface area contributed by atoms with Gasteiger partial charge in [0.25, 0.3) is 0 Å². The molecule has 96 valence electrons. The highest BCUT2D eigenvalue weighted by Gasteiger charge is 2.15. The average molecular weight is 268 g/mol. The highest BCUT2D eigenvalue weighted by molar-refractivity contribution is 6.33. The number of rotatable bonds is 4. The van der Waals surface area contributed by atoms with Crippen LogP contribution in [0.4, 0.5) is 5.69 Å². The van der Waals surface area contributed by atoms with Gasteiger partial charge in [-0.25, -0.2) is 4.68 Å². The van der Waals surface area contributed by atoms with E-state index in [1.807, 2.05) is 19.1 Å². The van der Waals surface area contributed by atoms with Crippen molar-refractivity contribution in [3.05, 3.63) is 23.2 Å². The molecule has 1 unspecified atom stereocenters. The molecule has 0 amide bonds. The fourth-order valence-electron chi connectivity index (χ4n) is 1.57. The third-order valence-electron chi connectivity index (χ3n) is 2.66. The van der Waals surface area contributed by atoms with Crippen molar-refractivity contribution >= 4 is 17.3 Å². The number of aromatic nitrogens is 4. The largest absolute Gasteiger partial charge is 0.397 e. The Morgan fingerprint density at radius 2 is 2.28 bits per heavy atom. The number of benzene rings is 1. The van der Waals surface area contributed by atoms with Crippen LogP contribution in [-0.4, -0.2) is 33.4 Å². The second-order valence-corrected chi connectivity index (χ2v) is 4.34. The summed E-state index contributed by atoms with van der Waals surface area (Å²) in [5.74, 6) is 0.582. The van der Waals surface area contributed by atoms with Crippen molar-refractivity contribution in [1.82, 2.24) is 20.2 Å². The molecule has 0 bridgehead atoms. The van der Waals surface area contributed by atoms with Crippen LogP contribution in [0.25, 0.3) is 11.4 Å². The number of nitrogen functional groups attached to an aromatic ring is 1. The molecule has 0 fully saturated rings. The summed E-state index contributed by atoms with van der Waals surface area (Å²) >= 11 is 5.99. The smallest absolute Gasteiger partial charge is 0.184 e. The number of methoxy groups -OCH3 is 1. The number of halogens is 1. The Hall–Kier alpha value is -1.66. The molecule has 2 rings (SSSR count). The van der Waals surface area contributed by atoms with E-state index in [1.54, 1.807) is 17.9 Å². The maximum Gasteiger partial charge on any atom is 0.184 e. The van der Waals surface area contributed by atoms with Crippen LogP contribution in [-0.2, 0) is 11.3 Å². The van der Waals surface area contributed by atoms with Gasteiger partial charge >= 0.3 is 0 Å². The van der Waals surface area contributed by atoms with Gasteiger partial charge in [-0.1, -0.05) is 17.7 Å². The van der Waals surface area contributed by atoms with Gasteiger partial charge in [-0.15, -0.1) is 5.10 Å². The number of para-hydroxylation sites is 1. The molecule has 6 nitrogen and oxygen atoms in total. The highest BCUT2D eigenvalue weighted by Crippen LogP contribution is 2.29. The summed E-state index contributed by atoms with van der Waals surface area (Å²) in [6.07, 6.45) is 0.00709. The Labute approximate surface area is 110 Å². The molecule has 1 aromatic heterocycles. The summed E-state index contributed by atoms with van der Waals surface area (Å²) in [5, 5.41) is 12.1. The molecule has 1 aromatic carbocycles. The molecular formula is C11H14ClN5O. The van der Waals surface area contributed by atoms with Gasteiger partial charge in [-0.3, -0.25) is 0 Å². The molecule has 0 spiro atoms. The summed E-state index contributed by atoms with van der Waals surface area (Å²) in [4.78, 5) is 0. The van der Waals surface area contributed by atoms with E-state index in [-0.39, 0.29) is 6.10 Å². The highest BCUT2D eigenvalue weighted by atomic mass is 35.5. The molecule has 0 saturated carbocycles. The van der Waals surface area contributed by atoms with Gasteiger partial charge in [0, 0.05) is 12.7 Å². The summed E-state index contributed by atoms with van der Waals surface area (Å²) in [5.41, 5.74) is 7.12. The molecule has 0 aliphatic rings. The van der Waals surface area contributed by atoms with E-state index < -0.39 is 0 Å². The molecule has 18 heavy (non-hydrogen) atoms. The number of nitrogens with two attached hydrogens (primary N) is 1. The molecule has 1 heterocycles. The van der Waals surface area contributed by atoms with Crippen LogP contribution < -0.4 is 5.73 Å². The minimum atomic E-state index is 0.00709. The summed E-state index contributed by atoms with van der Waals surface area (Å²) < 4.78 is 6.84. The first-order valence-corrected chi connectivity index (χ1v) is 5.84. The first kappa shape index (κ1) is 12.8. The van der Waals surface area contributed by atoms with Crippen molar-refractivity contribution in [3.63, 3.8) is 0 Å². The zero-order valence-corrected chi connectivity index (χ0v) is 10.9. The lowest BCUT2D eigenvalue weighted by atomic mass is 10.1. The van der Waals surface area contributed by atoms with E-state index in [2.05, 4.69) is 15.5 Å². The second-order valence-electron chi connectivity index (χ2n) is 3.93. The van der Waals surface area contributed by atoms with Crippen LogP contribution in [0.2, 0.25) is 5.02 Å². The first-order chi connectivity index (χ1) is 8.63. The van der Waals surface area contributed by atoms with Crippen LogP contribution >= 0.6 is 11.6 Å². The number of ether oxygens (including phenoxy) is 1. The normalized spacial score (nSPS) is 12.6. The first-order valence-electron chi connectivity index (χ1n) is 5.46. The number of nitrogens with zero attached hydrogens (tertiary/aromatic N) is 4. The summed E-state index contributed by atoms with van der Waals surface area (Å²) in [6.45, 7) is 2.48. The molecule has 2 aromatic rings. The van der Waals surface area contributed by atoms with E-state index >= 15 is 0 Å². The molecule has 1 atom stereocenters. The van der Waals surface area contributed by atoms with Crippen molar-refractivity contribution in [3.8, 4) is 11.4 Å². The van der Waals surface area contributed by atoms with Gasteiger partial charge in [-0.2, -0.15) is 0 Å². The predicted octanol–water partition coefficient (Wildman–Crippen LogP) is 1.61. The van der Waals surface area contributed by atoms with E-state index in [9.17, 15) is 0 Å². The maximum atomic E-state index is 5.99. The van der Waals surface area contributed by atoms with Crippen molar-refractivity contribution in [2.45, 2.75) is 19.6 Å². The number of anilines is 1. The second kappa shape index (κ2) is 5.32. The van der Waals surface area contributed by atoms with Gasteiger partial charge in [0.1, 0.15) is 0 Å². The maximum absolute atomic E-state index is 5.99. The van der Waals surface area contributed by atoms with Gasteiger partial charge < -0.3 is 10.5 Å². The standard InChI is InChI=1S/C11H14ClN5O/c1-7(18-2)6-17-11(14-15-16-17)8-4-3-5-9(12)10(8)13/h3-5,7H,6,13H2,1-2H3. The van der Waals surface area contributed by atoms with Gasteiger partial charge in [-0.05, 0) is 29.5 Å². The van der Waals surface area contributed by atoms with E-state index in [0.29, 0.717) is 23.1 Å². The summed E-state index contributed by atoms with van der Waals surface area (Å²) in [7, 11) is 1.64. The van der Waals surface area contributed by atoms with Crippen LogP contribution in [0.15, 0.2) is 18.2 Å². The molecular weight excluding hydrogens is 254 g/mol. The molecule has 0 aliphatic heterocycles. The SMILES string of the molecule is COC(C)Cn1nnnc1-c1cccc(Cl)c1N. The summed E-state index contributed by atoms with van der Waals surface area (Å²) in [6, 6.07) is 5.37. The van der Waals surface area contributed by atoms with E-state index in [4.69, 9.17) is 22.1 Å². The fraction of sp³-hybridized carbons (Fsp3) is 0.364. The Kier molecular flexibility index (Phi) is 3.78. The van der Waals surface area contributed by atoms with Crippen molar-refractivity contribution in [1.29, 1.82) is 0 Å². The lowest BCUT2D eigenvalue weighted by Crippen LogP contribution is -2.17. The third-order valence-corrected chi connectivity index (χ3v) is 2.99. The Bertz CT molecular complexity index is 542. The predicted molar refractivity (Wildman–Crippen MR) is 69.1 cm³/mol. The molecule has 0 saturated heterocycles.